The lowest BCUT2D eigenvalue weighted by Crippen LogP contribution is -2.34. The van der Waals surface area contributed by atoms with E-state index in [9.17, 15) is 9.59 Å². The fraction of sp³-hybridized carbons (Fsp3) is 0.579. The zero-order valence-corrected chi connectivity index (χ0v) is 14.9. The molecular weight excluding hydrogens is 320 g/mol. The number of ether oxygens (including phenoxy) is 2. The summed E-state index contributed by atoms with van der Waals surface area (Å²) in [7, 11) is 0. The van der Waals surface area contributed by atoms with Gasteiger partial charge < -0.3 is 19.7 Å². The molecule has 1 N–H and O–H groups in total. The number of hydrogen-bond donors (Lipinski definition) is 1. The van der Waals surface area contributed by atoms with Crippen LogP contribution in [0.25, 0.3) is 0 Å². The van der Waals surface area contributed by atoms with Crippen LogP contribution in [0.4, 0.5) is 5.69 Å². The van der Waals surface area contributed by atoms with E-state index in [0.717, 1.165) is 25.2 Å². The minimum Gasteiger partial charge on any atom is -0.491 e. The van der Waals surface area contributed by atoms with Gasteiger partial charge >= 0.3 is 0 Å². The van der Waals surface area contributed by atoms with E-state index >= 15 is 0 Å². The molecule has 2 aliphatic heterocycles. The van der Waals surface area contributed by atoms with Crippen molar-refractivity contribution in [2.75, 3.05) is 25.0 Å². The summed E-state index contributed by atoms with van der Waals surface area (Å²) in [6.45, 7) is 5.78. The lowest BCUT2D eigenvalue weighted by molar-refractivity contribution is -0.129. The van der Waals surface area contributed by atoms with Crippen molar-refractivity contribution in [3.05, 3.63) is 24.3 Å². The molecule has 6 heteroatoms. The third-order valence-corrected chi connectivity index (χ3v) is 4.53. The summed E-state index contributed by atoms with van der Waals surface area (Å²) in [5, 5.41) is 2.89. The van der Waals surface area contributed by atoms with Gasteiger partial charge in [-0.3, -0.25) is 9.59 Å². The minimum absolute atomic E-state index is 0.0383. The molecule has 0 aliphatic carbocycles. The Hall–Kier alpha value is -2.08. The van der Waals surface area contributed by atoms with Crippen molar-refractivity contribution in [2.45, 2.75) is 45.3 Å². The van der Waals surface area contributed by atoms with Crippen LogP contribution in [0.1, 0.15) is 33.1 Å². The maximum atomic E-state index is 12.5. The number of nitrogens with zero attached hydrogens (tertiary/aromatic N) is 1. The molecule has 0 aromatic heterocycles. The Bertz CT molecular complexity index is 608. The number of rotatable bonds is 6. The topological polar surface area (TPSA) is 67.9 Å². The van der Waals surface area contributed by atoms with Crippen molar-refractivity contribution >= 4 is 17.5 Å². The van der Waals surface area contributed by atoms with Gasteiger partial charge in [0.15, 0.2) is 0 Å². The smallest absolute Gasteiger partial charge is 0.229 e. The van der Waals surface area contributed by atoms with Gasteiger partial charge in [0.2, 0.25) is 11.8 Å². The summed E-state index contributed by atoms with van der Waals surface area (Å²) in [4.78, 5) is 26.4. The number of carbonyl (C=O) groups excluding carboxylic acids is 2. The van der Waals surface area contributed by atoms with Crippen LogP contribution in [-0.4, -0.2) is 48.6 Å². The number of anilines is 1. The van der Waals surface area contributed by atoms with Crippen LogP contribution < -0.4 is 10.1 Å². The molecular formula is C19H26N2O4. The van der Waals surface area contributed by atoms with E-state index in [4.69, 9.17) is 9.47 Å². The zero-order valence-electron chi connectivity index (χ0n) is 14.9. The Morgan fingerprint density at radius 3 is 2.76 bits per heavy atom. The number of nitrogens with one attached hydrogen (secondary N) is 1. The third-order valence-electron chi connectivity index (χ3n) is 4.53. The average molecular weight is 346 g/mol. The summed E-state index contributed by atoms with van der Waals surface area (Å²) in [6, 6.07) is 7.30. The Kier molecular flexibility index (Phi) is 5.58. The van der Waals surface area contributed by atoms with Gasteiger partial charge in [0.1, 0.15) is 5.75 Å². The van der Waals surface area contributed by atoms with Gasteiger partial charge in [-0.05, 0) is 51.0 Å². The van der Waals surface area contributed by atoms with Gasteiger partial charge in [-0.15, -0.1) is 0 Å². The molecule has 1 aromatic carbocycles. The van der Waals surface area contributed by atoms with E-state index in [1.807, 2.05) is 38.1 Å². The molecule has 0 bridgehead atoms. The van der Waals surface area contributed by atoms with Crippen LogP contribution in [0.5, 0.6) is 5.75 Å². The molecule has 2 heterocycles. The molecule has 2 atom stereocenters. The number of carbonyl (C=O) groups is 2. The van der Waals surface area contributed by atoms with Crippen molar-refractivity contribution in [3.8, 4) is 5.75 Å². The SMILES string of the molecule is CC(C)Oc1ccc(NC(=O)C2CC(=O)N(CC3CCCO3)C2)cc1. The van der Waals surface area contributed by atoms with Crippen molar-refractivity contribution < 1.29 is 19.1 Å². The molecule has 3 rings (SSSR count). The largest absolute Gasteiger partial charge is 0.491 e. The fourth-order valence-corrected chi connectivity index (χ4v) is 3.29. The molecule has 2 fully saturated rings. The number of likely N-dealkylation sites (tertiary alicyclic amines) is 1. The van der Waals surface area contributed by atoms with Crippen LogP contribution in [0.3, 0.4) is 0 Å². The van der Waals surface area contributed by atoms with E-state index in [1.54, 1.807) is 4.90 Å². The van der Waals surface area contributed by atoms with Gasteiger partial charge in [-0.25, -0.2) is 0 Å². The van der Waals surface area contributed by atoms with Crippen LogP contribution in [0.15, 0.2) is 24.3 Å². The first-order valence-corrected chi connectivity index (χ1v) is 8.98. The molecule has 136 valence electrons. The second kappa shape index (κ2) is 7.87. The van der Waals surface area contributed by atoms with E-state index < -0.39 is 0 Å². The normalized spacial score (nSPS) is 23.3. The maximum absolute atomic E-state index is 12.5. The molecule has 25 heavy (non-hydrogen) atoms. The quantitative estimate of drug-likeness (QED) is 0.859. The second-order valence-corrected chi connectivity index (χ2v) is 7.02. The lowest BCUT2D eigenvalue weighted by Gasteiger charge is -2.20. The number of benzene rings is 1. The van der Waals surface area contributed by atoms with Crippen LogP contribution in [0, 0.1) is 5.92 Å². The molecule has 6 nitrogen and oxygen atoms in total. The Morgan fingerprint density at radius 1 is 1.36 bits per heavy atom. The van der Waals surface area contributed by atoms with Crippen LogP contribution >= 0.6 is 0 Å². The summed E-state index contributed by atoms with van der Waals surface area (Å²) >= 11 is 0. The molecule has 1 aromatic rings. The van der Waals surface area contributed by atoms with Gasteiger partial charge in [0.25, 0.3) is 0 Å². The van der Waals surface area contributed by atoms with Crippen LogP contribution in [-0.2, 0) is 14.3 Å². The second-order valence-electron chi connectivity index (χ2n) is 7.02. The first-order chi connectivity index (χ1) is 12.0. The summed E-state index contributed by atoms with van der Waals surface area (Å²) in [6.07, 6.45) is 2.55. The number of amides is 2. The van der Waals surface area contributed by atoms with E-state index in [2.05, 4.69) is 5.32 Å². The first-order valence-electron chi connectivity index (χ1n) is 8.98. The molecule has 2 amide bonds. The van der Waals surface area contributed by atoms with Crippen molar-refractivity contribution in [3.63, 3.8) is 0 Å². The van der Waals surface area contributed by atoms with Crippen molar-refractivity contribution in [1.82, 2.24) is 4.90 Å². The third kappa shape index (κ3) is 4.72. The predicted octanol–water partition coefficient (Wildman–Crippen LogP) is 2.44. The van der Waals surface area contributed by atoms with Crippen molar-refractivity contribution in [2.24, 2.45) is 5.92 Å². The zero-order chi connectivity index (χ0) is 17.8. The monoisotopic (exact) mass is 346 g/mol. The van der Waals surface area contributed by atoms with Gasteiger partial charge in [0.05, 0.1) is 18.1 Å². The van der Waals surface area contributed by atoms with Gasteiger partial charge in [0, 0.05) is 31.8 Å². The van der Waals surface area contributed by atoms with Gasteiger partial charge in [-0.2, -0.15) is 0 Å². The highest BCUT2D eigenvalue weighted by Crippen LogP contribution is 2.23. The minimum atomic E-state index is -0.305. The molecule has 0 saturated carbocycles. The average Bonchev–Trinajstić information content (AvgIpc) is 3.20. The Balaban J connectivity index is 1.52. The summed E-state index contributed by atoms with van der Waals surface area (Å²) in [5.74, 6) is 0.393. The Labute approximate surface area is 148 Å². The van der Waals surface area contributed by atoms with E-state index in [0.29, 0.717) is 18.8 Å². The van der Waals surface area contributed by atoms with E-state index in [1.165, 1.54) is 0 Å². The van der Waals surface area contributed by atoms with E-state index in [-0.39, 0.29) is 36.4 Å². The number of hydrogen-bond acceptors (Lipinski definition) is 4. The van der Waals surface area contributed by atoms with Crippen LogP contribution in [0.2, 0.25) is 0 Å². The highest BCUT2D eigenvalue weighted by atomic mass is 16.5. The molecule has 0 spiro atoms. The molecule has 2 aliphatic rings. The fourth-order valence-electron chi connectivity index (χ4n) is 3.29. The molecule has 0 radical (unpaired) electrons. The predicted molar refractivity (Wildman–Crippen MR) is 94.5 cm³/mol. The molecule has 2 unspecified atom stereocenters. The molecule has 2 saturated heterocycles. The van der Waals surface area contributed by atoms with Gasteiger partial charge in [-0.1, -0.05) is 0 Å². The first kappa shape index (κ1) is 17.7. The highest BCUT2D eigenvalue weighted by Gasteiger charge is 2.35. The lowest BCUT2D eigenvalue weighted by atomic mass is 10.1. The standard InChI is InChI=1S/C19H26N2O4/c1-13(2)25-16-7-5-15(6-8-16)20-19(23)14-10-18(22)21(11-14)12-17-4-3-9-24-17/h5-8,13-14,17H,3-4,9-12H2,1-2H3,(H,20,23). The summed E-state index contributed by atoms with van der Waals surface area (Å²) in [5.41, 5.74) is 0.714. The highest BCUT2D eigenvalue weighted by molar-refractivity contribution is 5.97. The summed E-state index contributed by atoms with van der Waals surface area (Å²) < 4.78 is 11.2. The maximum Gasteiger partial charge on any atom is 0.229 e. The Morgan fingerprint density at radius 2 is 2.12 bits per heavy atom. The van der Waals surface area contributed by atoms with Crippen molar-refractivity contribution in [1.29, 1.82) is 0 Å².